The normalized spacial score (nSPS) is 10.4. The van der Waals surface area contributed by atoms with Gasteiger partial charge in [0.2, 0.25) is 0 Å². The molecule has 0 fully saturated rings. The van der Waals surface area contributed by atoms with Gasteiger partial charge in [-0.05, 0) is 55.3 Å². The number of hydrogen-bond donors (Lipinski definition) is 2. The predicted molar refractivity (Wildman–Crippen MR) is 90.1 cm³/mol. The van der Waals surface area contributed by atoms with Crippen LogP contribution in [0.5, 0.6) is 0 Å². The summed E-state index contributed by atoms with van der Waals surface area (Å²) in [6, 6.07) is 9.24. The van der Waals surface area contributed by atoms with Gasteiger partial charge in [0.05, 0.1) is 0 Å². The molecule has 0 bridgehead atoms. The van der Waals surface area contributed by atoms with E-state index in [0.29, 0.717) is 11.3 Å². The first kappa shape index (κ1) is 15.1. The molecule has 5 heteroatoms. The van der Waals surface area contributed by atoms with Gasteiger partial charge in [-0.25, -0.2) is 0 Å². The van der Waals surface area contributed by atoms with Gasteiger partial charge in [-0.2, -0.15) is 0 Å². The predicted octanol–water partition coefficient (Wildman–Crippen LogP) is 4.66. The lowest BCUT2D eigenvalue weighted by molar-refractivity contribution is 0.102. The summed E-state index contributed by atoms with van der Waals surface area (Å²) < 4.78 is 1.80. The van der Waals surface area contributed by atoms with E-state index < -0.39 is 0 Å². The topological polar surface area (TPSA) is 55.1 Å². The number of carbonyl (C=O) groups excluding carboxylic acids is 1. The van der Waals surface area contributed by atoms with Crippen molar-refractivity contribution in [2.45, 2.75) is 13.8 Å². The molecule has 0 unspecified atom stereocenters. The number of nitrogens with two attached hydrogens (primary N) is 1. The van der Waals surface area contributed by atoms with Crippen molar-refractivity contribution in [1.82, 2.24) is 0 Å². The summed E-state index contributed by atoms with van der Waals surface area (Å²) in [5.74, 6) is -0.169. The quantitative estimate of drug-likeness (QED) is 0.723. The highest BCUT2D eigenvalue weighted by molar-refractivity contribution is 9.10. The Balaban J connectivity index is 2.30. The molecule has 0 radical (unpaired) electrons. The first-order valence-electron chi connectivity index (χ1n) is 6.01. The SMILES string of the molecule is Cc1cc(NC(=O)c2cc(Br)cc(N)c2C)ccc1Br. The monoisotopic (exact) mass is 396 g/mol. The molecule has 2 aromatic rings. The Morgan fingerprint density at radius 2 is 1.85 bits per heavy atom. The maximum absolute atomic E-state index is 12.3. The minimum absolute atomic E-state index is 0.169. The average molecular weight is 398 g/mol. The molecule has 0 spiro atoms. The van der Waals surface area contributed by atoms with Gasteiger partial charge >= 0.3 is 0 Å². The van der Waals surface area contributed by atoms with E-state index in [1.807, 2.05) is 32.0 Å². The van der Waals surface area contributed by atoms with Crippen molar-refractivity contribution in [3.05, 3.63) is 56.0 Å². The highest BCUT2D eigenvalue weighted by Gasteiger charge is 2.12. The summed E-state index contributed by atoms with van der Waals surface area (Å²) in [7, 11) is 0. The second kappa shape index (κ2) is 5.97. The van der Waals surface area contributed by atoms with Crippen molar-refractivity contribution in [2.24, 2.45) is 0 Å². The van der Waals surface area contributed by atoms with Crippen LogP contribution in [0.2, 0.25) is 0 Å². The number of halogens is 2. The van der Waals surface area contributed by atoms with Gasteiger partial charge in [-0.1, -0.05) is 31.9 Å². The van der Waals surface area contributed by atoms with Crippen molar-refractivity contribution in [3.8, 4) is 0 Å². The van der Waals surface area contributed by atoms with E-state index in [2.05, 4.69) is 37.2 Å². The van der Waals surface area contributed by atoms with E-state index in [4.69, 9.17) is 5.73 Å². The molecule has 0 aliphatic carbocycles. The Labute approximate surface area is 134 Å². The lowest BCUT2D eigenvalue weighted by Gasteiger charge is -2.11. The summed E-state index contributed by atoms with van der Waals surface area (Å²) in [5, 5.41) is 2.89. The molecule has 0 heterocycles. The number of benzene rings is 2. The number of nitrogen functional groups attached to an aromatic ring is 1. The van der Waals surface area contributed by atoms with Crippen LogP contribution in [-0.2, 0) is 0 Å². The van der Waals surface area contributed by atoms with Crippen molar-refractivity contribution >= 4 is 49.1 Å². The molecule has 0 aliphatic heterocycles. The van der Waals surface area contributed by atoms with Gasteiger partial charge < -0.3 is 11.1 Å². The number of nitrogens with one attached hydrogen (secondary N) is 1. The van der Waals surface area contributed by atoms with Crippen LogP contribution in [0.3, 0.4) is 0 Å². The number of amides is 1. The fourth-order valence-electron chi connectivity index (χ4n) is 1.86. The molecule has 0 atom stereocenters. The van der Waals surface area contributed by atoms with Crippen LogP contribution >= 0.6 is 31.9 Å². The van der Waals surface area contributed by atoms with Gasteiger partial charge in [0.15, 0.2) is 0 Å². The minimum Gasteiger partial charge on any atom is -0.398 e. The maximum atomic E-state index is 12.3. The van der Waals surface area contributed by atoms with Gasteiger partial charge in [0, 0.05) is 25.9 Å². The maximum Gasteiger partial charge on any atom is 0.256 e. The number of carbonyl (C=O) groups is 1. The van der Waals surface area contributed by atoms with Crippen molar-refractivity contribution in [3.63, 3.8) is 0 Å². The van der Waals surface area contributed by atoms with Gasteiger partial charge in [-0.3, -0.25) is 4.79 Å². The summed E-state index contributed by atoms with van der Waals surface area (Å²) in [6.07, 6.45) is 0. The molecule has 0 aliphatic rings. The smallest absolute Gasteiger partial charge is 0.256 e. The van der Waals surface area contributed by atoms with Crippen LogP contribution in [0.25, 0.3) is 0 Å². The van der Waals surface area contributed by atoms with Gasteiger partial charge in [0.1, 0.15) is 0 Å². The van der Waals surface area contributed by atoms with Crippen molar-refractivity contribution in [1.29, 1.82) is 0 Å². The molecule has 0 saturated carbocycles. The Hall–Kier alpha value is -1.33. The Kier molecular flexibility index (Phi) is 4.50. The summed E-state index contributed by atoms with van der Waals surface area (Å²) in [5.41, 5.74) is 9.64. The molecular weight excluding hydrogens is 384 g/mol. The second-order valence-electron chi connectivity index (χ2n) is 4.59. The van der Waals surface area contributed by atoms with E-state index in [0.717, 1.165) is 25.8 Å². The van der Waals surface area contributed by atoms with E-state index >= 15 is 0 Å². The molecule has 104 valence electrons. The van der Waals surface area contributed by atoms with Crippen LogP contribution in [-0.4, -0.2) is 5.91 Å². The van der Waals surface area contributed by atoms with Crippen LogP contribution in [0.1, 0.15) is 21.5 Å². The fourth-order valence-corrected chi connectivity index (χ4v) is 2.58. The van der Waals surface area contributed by atoms with Crippen LogP contribution < -0.4 is 11.1 Å². The zero-order valence-electron chi connectivity index (χ0n) is 11.1. The molecule has 0 saturated heterocycles. The number of rotatable bonds is 2. The van der Waals surface area contributed by atoms with Crippen molar-refractivity contribution in [2.75, 3.05) is 11.1 Å². The zero-order valence-corrected chi connectivity index (χ0v) is 14.3. The molecular formula is C15H14Br2N2O. The summed E-state index contributed by atoms with van der Waals surface area (Å²) in [4.78, 5) is 12.3. The number of hydrogen-bond acceptors (Lipinski definition) is 2. The molecule has 2 aromatic carbocycles. The van der Waals surface area contributed by atoms with Crippen LogP contribution in [0.4, 0.5) is 11.4 Å². The Morgan fingerprint density at radius 3 is 2.50 bits per heavy atom. The summed E-state index contributed by atoms with van der Waals surface area (Å²) >= 11 is 6.79. The second-order valence-corrected chi connectivity index (χ2v) is 6.36. The number of anilines is 2. The lowest BCUT2D eigenvalue weighted by atomic mass is 10.1. The first-order chi connectivity index (χ1) is 9.38. The van der Waals surface area contributed by atoms with E-state index in [1.165, 1.54) is 0 Å². The standard InChI is InChI=1S/C15H14Br2N2O/c1-8-5-11(3-4-13(8)17)19-15(20)12-6-10(16)7-14(18)9(12)2/h3-7H,18H2,1-2H3,(H,19,20). The first-order valence-corrected chi connectivity index (χ1v) is 7.60. The largest absolute Gasteiger partial charge is 0.398 e. The Bertz CT molecular complexity index is 684. The lowest BCUT2D eigenvalue weighted by Crippen LogP contribution is -2.14. The van der Waals surface area contributed by atoms with Crippen LogP contribution in [0.15, 0.2) is 39.3 Å². The zero-order chi connectivity index (χ0) is 14.9. The average Bonchev–Trinajstić information content (AvgIpc) is 2.38. The molecule has 3 N–H and O–H groups in total. The molecule has 1 amide bonds. The third-order valence-electron chi connectivity index (χ3n) is 3.07. The highest BCUT2D eigenvalue weighted by atomic mass is 79.9. The van der Waals surface area contributed by atoms with Gasteiger partial charge in [-0.15, -0.1) is 0 Å². The van der Waals surface area contributed by atoms with E-state index in [-0.39, 0.29) is 5.91 Å². The molecule has 0 aromatic heterocycles. The number of aryl methyl sites for hydroxylation is 1. The van der Waals surface area contributed by atoms with Gasteiger partial charge in [0.25, 0.3) is 5.91 Å². The molecule has 20 heavy (non-hydrogen) atoms. The van der Waals surface area contributed by atoms with Crippen LogP contribution in [0, 0.1) is 13.8 Å². The minimum atomic E-state index is -0.169. The van der Waals surface area contributed by atoms with E-state index in [9.17, 15) is 4.79 Å². The molecule has 2 rings (SSSR count). The summed E-state index contributed by atoms with van der Waals surface area (Å²) in [6.45, 7) is 3.81. The third-order valence-corrected chi connectivity index (χ3v) is 4.42. The highest BCUT2D eigenvalue weighted by Crippen LogP contribution is 2.25. The third kappa shape index (κ3) is 3.22. The Morgan fingerprint density at radius 1 is 1.15 bits per heavy atom. The van der Waals surface area contributed by atoms with Crippen molar-refractivity contribution < 1.29 is 4.79 Å². The van der Waals surface area contributed by atoms with E-state index in [1.54, 1.807) is 12.1 Å². The molecule has 3 nitrogen and oxygen atoms in total. The fraction of sp³-hybridized carbons (Fsp3) is 0.133.